The van der Waals surface area contributed by atoms with Crippen LogP contribution in [0.5, 0.6) is 0 Å². The number of nitrogens with zero attached hydrogens (tertiary/aromatic N) is 7. The molecule has 0 bridgehead atoms. The van der Waals surface area contributed by atoms with E-state index in [-0.39, 0.29) is 6.04 Å². The number of piperazine rings is 1. The summed E-state index contributed by atoms with van der Waals surface area (Å²) < 4.78 is 7.18. The maximum Gasteiger partial charge on any atom is 0.276 e. The maximum absolute atomic E-state index is 5.58. The number of likely N-dealkylation sites (N-methyl/N-ethyl adjacent to an activating group) is 1. The van der Waals surface area contributed by atoms with Crippen LogP contribution in [0.2, 0.25) is 0 Å². The zero-order chi connectivity index (χ0) is 17.9. The summed E-state index contributed by atoms with van der Waals surface area (Å²) in [5.74, 6) is 1.68. The van der Waals surface area contributed by atoms with Crippen LogP contribution in [0, 0.1) is 6.92 Å². The zero-order valence-corrected chi connectivity index (χ0v) is 14.7. The SMILES string of the molecule is Cc1nnnn1/C(=C\c1ccccc1)c1nc(C2CNCCN2C)no1. The topological polar surface area (TPSA) is 97.8 Å². The molecule has 0 spiro atoms. The number of rotatable bonds is 4. The Bertz CT molecular complexity index is 900. The van der Waals surface area contributed by atoms with Crippen molar-refractivity contribution in [1.82, 2.24) is 40.6 Å². The summed E-state index contributed by atoms with van der Waals surface area (Å²) in [5, 5.41) is 19.3. The standard InChI is InChI=1S/C17H20N8O/c1-12-20-22-23-25(12)14(10-13-6-4-3-5-7-13)17-19-16(21-26-17)15-11-18-8-9-24(15)2/h3-7,10,15,18H,8-9,11H2,1-2H3/b14-10-. The number of nitrogens with one attached hydrogen (secondary N) is 1. The summed E-state index contributed by atoms with van der Waals surface area (Å²) in [7, 11) is 2.06. The van der Waals surface area contributed by atoms with Crippen molar-refractivity contribution in [3.63, 3.8) is 0 Å². The molecule has 4 rings (SSSR count). The van der Waals surface area contributed by atoms with E-state index in [1.165, 1.54) is 0 Å². The zero-order valence-electron chi connectivity index (χ0n) is 14.7. The van der Waals surface area contributed by atoms with Crippen LogP contribution in [0.3, 0.4) is 0 Å². The maximum atomic E-state index is 5.58. The van der Waals surface area contributed by atoms with Gasteiger partial charge in [-0.2, -0.15) is 9.67 Å². The molecule has 3 aromatic rings. The molecule has 1 fully saturated rings. The van der Waals surface area contributed by atoms with Gasteiger partial charge in [-0.25, -0.2) is 0 Å². The van der Waals surface area contributed by atoms with Gasteiger partial charge in [0.05, 0.1) is 6.04 Å². The van der Waals surface area contributed by atoms with E-state index in [0.717, 1.165) is 25.2 Å². The van der Waals surface area contributed by atoms with Gasteiger partial charge >= 0.3 is 0 Å². The van der Waals surface area contributed by atoms with Crippen molar-refractivity contribution in [3.8, 4) is 0 Å². The summed E-state index contributed by atoms with van der Waals surface area (Å²) in [6, 6.07) is 9.98. The monoisotopic (exact) mass is 352 g/mol. The second-order valence-electron chi connectivity index (χ2n) is 6.24. The predicted molar refractivity (Wildman–Crippen MR) is 94.8 cm³/mol. The highest BCUT2D eigenvalue weighted by molar-refractivity contribution is 5.77. The Hall–Kier alpha value is -2.91. The van der Waals surface area contributed by atoms with E-state index in [4.69, 9.17) is 4.52 Å². The van der Waals surface area contributed by atoms with Crippen molar-refractivity contribution < 1.29 is 4.52 Å². The molecular weight excluding hydrogens is 332 g/mol. The van der Waals surface area contributed by atoms with E-state index in [1.807, 2.05) is 43.3 Å². The largest absolute Gasteiger partial charge is 0.332 e. The molecule has 3 heterocycles. The highest BCUT2D eigenvalue weighted by Crippen LogP contribution is 2.23. The van der Waals surface area contributed by atoms with Crippen LogP contribution in [-0.4, -0.2) is 61.9 Å². The van der Waals surface area contributed by atoms with E-state index in [2.05, 4.69) is 42.9 Å². The van der Waals surface area contributed by atoms with Crippen LogP contribution in [0.4, 0.5) is 0 Å². The van der Waals surface area contributed by atoms with Gasteiger partial charge in [0.15, 0.2) is 11.6 Å². The molecule has 9 nitrogen and oxygen atoms in total. The highest BCUT2D eigenvalue weighted by atomic mass is 16.5. The van der Waals surface area contributed by atoms with Gasteiger partial charge in [0.25, 0.3) is 5.89 Å². The van der Waals surface area contributed by atoms with Crippen molar-refractivity contribution in [2.75, 3.05) is 26.7 Å². The molecule has 134 valence electrons. The third-order valence-electron chi connectivity index (χ3n) is 4.43. The molecule has 1 N–H and O–H groups in total. The van der Waals surface area contributed by atoms with Gasteiger partial charge in [-0.3, -0.25) is 4.90 Å². The molecular formula is C17H20N8O. The molecule has 1 aromatic carbocycles. The van der Waals surface area contributed by atoms with Crippen LogP contribution in [-0.2, 0) is 0 Å². The van der Waals surface area contributed by atoms with Crippen molar-refractivity contribution in [3.05, 3.63) is 53.4 Å². The van der Waals surface area contributed by atoms with Crippen LogP contribution in [0.15, 0.2) is 34.9 Å². The average molecular weight is 352 g/mol. The molecule has 0 radical (unpaired) electrons. The second kappa shape index (κ2) is 7.14. The molecule has 1 saturated heterocycles. The van der Waals surface area contributed by atoms with Gasteiger partial charge in [0, 0.05) is 19.6 Å². The lowest BCUT2D eigenvalue weighted by atomic mass is 10.2. The number of benzene rings is 1. The third kappa shape index (κ3) is 3.26. The van der Waals surface area contributed by atoms with Crippen molar-refractivity contribution >= 4 is 11.8 Å². The molecule has 2 aromatic heterocycles. The fourth-order valence-electron chi connectivity index (χ4n) is 2.94. The summed E-state index contributed by atoms with van der Waals surface area (Å²) in [5.41, 5.74) is 1.64. The first-order chi connectivity index (χ1) is 12.7. The molecule has 1 unspecified atom stereocenters. The number of hydrogen-bond acceptors (Lipinski definition) is 8. The first kappa shape index (κ1) is 16.6. The van der Waals surface area contributed by atoms with Gasteiger partial charge in [0.1, 0.15) is 5.70 Å². The van der Waals surface area contributed by atoms with E-state index in [9.17, 15) is 0 Å². The Balaban J connectivity index is 1.73. The second-order valence-corrected chi connectivity index (χ2v) is 6.24. The lowest BCUT2D eigenvalue weighted by Gasteiger charge is -2.30. The summed E-state index contributed by atoms with van der Waals surface area (Å²) in [6.45, 7) is 4.51. The minimum atomic E-state index is 0.0780. The Morgan fingerprint density at radius 3 is 2.88 bits per heavy atom. The summed E-state index contributed by atoms with van der Waals surface area (Å²) in [4.78, 5) is 6.85. The summed E-state index contributed by atoms with van der Waals surface area (Å²) >= 11 is 0. The van der Waals surface area contributed by atoms with E-state index in [1.54, 1.807) is 4.68 Å². The lowest BCUT2D eigenvalue weighted by Crippen LogP contribution is -2.44. The van der Waals surface area contributed by atoms with Gasteiger partial charge in [-0.15, -0.1) is 5.10 Å². The molecule has 1 aliphatic heterocycles. The Labute approximate surface area is 150 Å². The van der Waals surface area contributed by atoms with E-state index >= 15 is 0 Å². The van der Waals surface area contributed by atoms with Crippen LogP contribution in [0.25, 0.3) is 11.8 Å². The third-order valence-corrected chi connectivity index (χ3v) is 4.43. The van der Waals surface area contributed by atoms with Crippen LogP contribution in [0.1, 0.15) is 29.1 Å². The predicted octanol–water partition coefficient (Wildman–Crippen LogP) is 0.987. The number of aromatic nitrogens is 6. The highest BCUT2D eigenvalue weighted by Gasteiger charge is 2.26. The number of hydrogen-bond donors (Lipinski definition) is 1. The molecule has 26 heavy (non-hydrogen) atoms. The fraction of sp³-hybridized carbons (Fsp3) is 0.353. The molecule has 0 amide bonds. The van der Waals surface area contributed by atoms with Crippen molar-refractivity contribution in [2.45, 2.75) is 13.0 Å². The van der Waals surface area contributed by atoms with Gasteiger partial charge in [-0.05, 0) is 36.0 Å². The van der Waals surface area contributed by atoms with Crippen molar-refractivity contribution in [2.24, 2.45) is 0 Å². The van der Waals surface area contributed by atoms with Crippen LogP contribution >= 0.6 is 0 Å². The summed E-state index contributed by atoms with van der Waals surface area (Å²) in [6.07, 6.45) is 1.93. The number of tetrazole rings is 1. The Kier molecular flexibility index (Phi) is 4.55. The first-order valence-corrected chi connectivity index (χ1v) is 8.49. The molecule has 9 heteroatoms. The minimum Gasteiger partial charge on any atom is -0.332 e. The molecule has 1 aliphatic rings. The quantitative estimate of drug-likeness (QED) is 0.742. The van der Waals surface area contributed by atoms with Gasteiger partial charge in [0.2, 0.25) is 0 Å². The van der Waals surface area contributed by atoms with Crippen LogP contribution < -0.4 is 5.32 Å². The smallest absolute Gasteiger partial charge is 0.276 e. The van der Waals surface area contributed by atoms with E-state index < -0.39 is 0 Å². The Morgan fingerprint density at radius 2 is 2.15 bits per heavy atom. The molecule has 0 saturated carbocycles. The molecule has 0 aliphatic carbocycles. The van der Waals surface area contributed by atoms with E-state index in [0.29, 0.717) is 23.2 Å². The molecule has 1 atom stereocenters. The van der Waals surface area contributed by atoms with Crippen molar-refractivity contribution in [1.29, 1.82) is 0 Å². The normalized spacial score (nSPS) is 19.0. The Morgan fingerprint density at radius 1 is 1.31 bits per heavy atom. The first-order valence-electron chi connectivity index (χ1n) is 8.49. The fourth-order valence-corrected chi connectivity index (χ4v) is 2.94. The lowest BCUT2D eigenvalue weighted by molar-refractivity contribution is 0.190. The van der Waals surface area contributed by atoms with Gasteiger partial charge in [-0.1, -0.05) is 35.5 Å². The average Bonchev–Trinajstić information content (AvgIpc) is 3.30. The minimum absolute atomic E-state index is 0.0780. The van der Waals surface area contributed by atoms with Gasteiger partial charge < -0.3 is 9.84 Å². The number of aryl methyl sites for hydroxylation is 1.